The van der Waals surface area contributed by atoms with Crippen LogP contribution in [0.3, 0.4) is 0 Å². The molecule has 352 valence electrons. The molecule has 15 atom stereocenters. The molecule has 0 unspecified atom stereocenters. The molecule has 1 aromatic carbocycles. The minimum absolute atomic E-state index is 0.299. The van der Waals surface area contributed by atoms with E-state index in [1.54, 1.807) is 0 Å². The quantitative estimate of drug-likeness (QED) is 0.0860. The van der Waals surface area contributed by atoms with Crippen molar-refractivity contribution in [2.45, 2.75) is 147 Å². The van der Waals surface area contributed by atoms with Crippen molar-refractivity contribution in [1.29, 1.82) is 0 Å². The topological polar surface area (TPSA) is 329 Å². The maximum atomic E-state index is 12.8. The molecule has 3 heterocycles. The van der Waals surface area contributed by atoms with E-state index in [1.807, 2.05) is 0 Å². The van der Waals surface area contributed by atoms with Crippen molar-refractivity contribution >= 4 is 47.4 Å². The van der Waals surface area contributed by atoms with E-state index >= 15 is 0 Å². The van der Waals surface area contributed by atoms with Gasteiger partial charge < -0.3 is 82.8 Å². The molecule has 3 saturated heterocycles. The smallest absolute Gasteiger partial charge is 0.303 e. The van der Waals surface area contributed by atoms with Gasteiger partial charge in [0.15, 0.2) is 49.2 Å². The molecule has 25 heteroatoms. The highest BCUT2D eigenvalue weighted by Gasteiger charge is 2.59. The third-order valence-electron chi connectivity index (χ3n) is 9.40. The third-order valence-corrected chi connectivity index (χ3v) is 9.40. The number of aliphatic hydroxyl groups excluding tert-OH is 2. The molecule has 3 fully saturated rings. The summed E-state index contributed by atoms with van der Waals surface area (Å²) in [5.41, 5.74) is -0.419. The third kappa shape index (κ3) is 13.4. The fourth-order valence-corrected chi connectivity index (χ4v) is 7.07. The second-order valence-electron chi connectivity index (χ2n) is 14.4. The van der Waals surface area contributed by atoms with Crippen LogP contribution in [0.2, 0.25) is 0 Å². The van der Waals surface area contributed by atoms with E-state index in [-0.39, 0.29) is 5.75 Å². The van der Waals surface area contributed by atoms with Crippen LogP contribution in [-0.2, 0) is 85.7 Å². The lowest BCUT2D eigenvalue weighted by Gasteiger charge is -2.50. The van der Waals surface area contributed by atoms with Gasteiger partial charge in [-0.3, -0.25) is 38.8 Å². The zero-order chi connectivity index (χ0) is 46.9. The number of hydrogen-bond acceptors (Lipinski definition) is 24. The van der Waals surface area contributed by atoms with E-state index in [0.717, 1.165) is 48.5 Å². The lowest BCUT2D eigenvalue weighted by molar-refractivity contribution is -0.380. The number of esters is 6. The number of amides is 1. The Hall–Kier alpha value is -5.25. The van der Waals surface area contributed by atoms with Gasteiger partial charge in [0.25, 0.3) is 0 Å². The second-order valence-corrected chi connectivity index (χ2v) is 14.4. The minimum atomic E-state index is -2.02. The maximum absolute atomic E-state index is 12.8. The average molecular weight is 904 g/mol. The van der Waals surface area contributed by atoms with E-state index in [9.17, 15) is 54.2 Å². The first kappa shape index (κ1) is 50.4. The Balaban J connectivity index is 1.91. The van der Waals surface area contributed by atoms with Crippen LogP contribution in [0.5, 0.6) is 5.75 Å². The van der Waals surface area contributed by atoms with Crippen LogP contribution in [0, 0.1) is 5.21 Å². The zero-order valence-electron chi connectivity index (χ0n) is 35.3. The van der Waals surface area contributed by atoms with E-state index in [4.69, 9.17) is 56.8 Å². The summed E-state index contributed by atoms with van der Waals surface area (Å²) in [6.45, 7) is 6.98. The monoisotopic (exact) mass is 903 g/mol. The van der Waals surface area contributed by atoms with Gasteiger partial charge in [0, 0.05) is 48.5 Å². The van der Waals surface area contributed by atoms with Crippen molar-refractivity contribution in [3.63, 3.8) is 0 Å². The number of anilines is 1. The number of rotatable bonds is 16. The number of aliphatic hydroxyl groups is 2. The van der Waals surface area contributed by atoms with Crippen LogP contribution in [0.4, 0.5) is 5.69 Å². The van der Waals surface area contributed by atoms with Crippen molar-refractivity contribution < 1.29 is 106 Å². The van der Waals surface area contributed by atoms with Crippen molar-refractivity contribution in [1.82, 2.24) is 5.32 Å². The summed E-state index contributed by atoms with van der Waals surface area (Å²) in [6, 6.07) is 3.65. The van der Waals surface area contributed by atoms with Crippen LogP contribution in [0.25, 0.3) is 0 Å². The molecule has 0 spiro atoms. The molecule has 3 aliphatic rings. The van der Waals surface area contributed by atoms with Crippen molar-refractivity contribution in [3.05, 3.63) is 29.5 Å². The Kier molecular flexibility index (Phi) is 17.9. The predicted octanol–water partition coefficient (Wildman–Crippen LogP) is -1.20. The van der Waals surface area contributed by atoms with Gasteiger partial charge in [0.2, 0.25) is 12.2 Å². The highest BCUT2D eigenvalue weighted by atomic mass is 16.8. The summed E-state index contributed by atoms with van der Waals surface area (Å²) >= 11 is 0. The highest BCUT2D eigenvalue weighted by molar-refractivity contribution is 5.73. The zero-order valence-corrected chi connectivity index (χ0v) is 35.3. The Bertz CT molecular complexity index is 1800. The summed E-state index contributed by atoms with van der Waals surface area (Å²) < 4.78 is 69.7. The lowest BCUT2D eigenvalue weighted by atomic mass is 9.94. The number of hydrogen-bond donors (Lipinski definition) is 4. The molecule has 1 aromatic rings. The number of para-hydroxylation sites is 2. The standard InChI is InChI=1S/C38H51N2O23/c1-15-29(54-18(4)44)32(56-20(6)46)34(58-22(8)48)37(53-15)63-35-33(57-21(7)47)30(55-19(5)45)26(14-52-17(3)43)61-38(35)62-31-27(39-16(2)42)36(60-25(13-41)28(31)49)59-24-12-10-9-11-23(24)40(50)51/h9-12,15,25-38,41,49-50H,13-14H2,1-8H3,(H,39,42)/q-1/t15-,25-,26+,27-,28-,29-,30-,31+,32-,33-,34+,35+,36+,37+,38-/m0/s1. The number of carbonyl (C=O) groups is 7. The molecular weight excluding hydrogens is 852 g/mol. The Morgan fingerprint density at radius 3 is 1.68 bits per heavy atom. The Morgan fingerprint density at radius 1 is 0.651 bits per heavy atom. The first-order valence-corrected chi connectivity index (χ1v) is 19.4. The SMILES string of the molecule is CC(=O)N[C@@H]1[C@H](Oc2ccccc2N([O-])O)O[C@@H](CO)[C@H](O)[C@@H]1O[C@@H]1O[C@H](COC(C)=O)[C@H](OC(C)=O)[C@H](OC(C)=O)[C@H]1O[C@H]1O[C@@H](C)[C@H](OC(C)=O)[C@H](OC(C)=O)[C@H]1OC(C)=O. The number of benzene rings is 1. The largest absolute Gasteiger partial charge is 0.733 e. The van der Waals surface area contributed by atoms with Crippen LogP contribution in [0.15, 0.2) is 24.3 Å². The van der Waals surface area contributed by atoms with Crippen LogP contribution < -0.4 is 15.3 Å². The van der Waals surface area contributed by atoms with Crippen LogP contribution in [-0.4, -0.2) is 162 Å². The van der Waals surface area contributed by atoms with Gasteiger partial charge in [-0.1, -0.05) is 12.1 Å². The number of ether oxygens (including phenoxy) is 12. The normalized spacial score (nSPS) is 32.8. The van der Waals surface area contributed by atoms with E-state index in [1.165, 1.54) is 31.2 Å². The Morgan fingerprint density at radius 2 is 1.14 bits per heavy atom. The maximum Gasteiger partial charge on any atom is 0.303 e. The fraction of sp³-hybridized carbons (Fsp3) is 0.658. The molecule has 0 saturated carbocycles. The number of nitrogens with one attached hydrogen (secondary N) is 1. The van der Waals surface area contributed by atoms with Gasteiger partial charge in [-0.15, -0.1) is 0 Å². The molecular formula is C38H51N2O23-. The van der Waals surface area contributed by atoms with Gasteiger partial charge in [-0.25, -0.2) is 0 Å². The van der Waals surface area contributed by atoms with Gasteiger partial charge >= 0.3 is 35.8 Å². The van der Waals surface area contributed by atoms with Crippen molar-refractivity contribution in [3.8, 4) is 5.75 Å². The molecule has 0 aromatic heterocycles. The number of nitrogens with zero attached hydrogens (tertiary/aromatic N) is 1. The van der Waals surface area contributed by atoms with Crippen LogP contribution in [0.1, 0.15) is 55.4 Å². The summed E-state index contributed by atoms with van der Waals surface area (Å²) in [7, 11) is 0. The highest BCUT2D eigenvalue weighted by Crippen LogP contribution is 2.38. The molecule has 0 bridgehead atoms. The predicted molar refractivity (Wildman–Crippen MR) is 201 cm³/mol. The molecule has 0 aliphatic carbocycles. The first-order chi connectivity index (χ1) is 29.6. The first-order valence-electron chi connectivity index (χ1n) is 19.4. The summed E-state index contributed by atoms with van der Waals surface area (Å²) in [5, 5.41) is 45.8. The molecule has 4 N–H and O–H groups in total. The van der Waals surface area contributed by atoms with E-state index in [0.29, 0.717) is 0 Å². The van der Waals surface area contributed by atoms with Gasteiger partial charge in [-0.05, 0) is 19.1 Å². The van der Waals surface area contributed by atoms with E-state index in [2.05, 4.69) is 5.32 Å². The second kappa shape index (κ2) is 22.4. The molecule has 0 radical (unpaired) electrons. The Labute approximate surface area is 359 Å². The number of carbonyl (C=O) groups excluding carboxylic acids is 7. The molecule has 1 amide bonds. The van der Waals surface area contributed by atoms with Gasteiger partial charge in [-0.2, -0.15) is 0 Å². The fourth-order valence-electron chi connectivity index (χ4n) is 7.07. The average Bonchev–Trinajstić information content (AvgIpc) is 3.17. The van der Waals surface area contributed by atoms with Crippen LogP contribution >= 0.6 is 0 Å². The van der Waals surface area contributed by atoms with E-state index < -0.39 is 158 Å². The molecule has 25 nitrogen and oxygen atoms in total. The molecule has 3 aliphatic heterocycles. The van der Waals surface area contributed by atoms with Crippen molar-refractivity contribution in [2.75, 3.05) is 18.4 Å². The van der Waals surface area contributed by atoms with Crippen molar-refractivity contribution in [2.24, 2.45) is 0 Å². The minimum Gasteiger partial charge on any atom is -0.733 e. The lowest BCUT2D eigenvalue weighted by Crippen LogP contribution is -2.70. The van der Waals surface area contributed by atoms with Gasteiger partial charge in [0.05, 0.1) is 18.4 Å². The summed E-state index contributed by atoms with van der Waals surface area (Å²) in [5.74, 6) is -6.57. The summed E-state index contributed by atoms with van der Waals surface area (Å²) in [4.78, 5) is 87.4. The molecule has 63 heavy (non-hydrogen) atoms. The summed E-state index contributed by atoms with van der Waals surface area (Å²) in [6.07, 6.45) is -23.9. The van der Waals surface area contributed by atoms with Gasteiger partial charge in [0.1, 0.15) is 42.8 Å². The molecule has 4 rings (SSSR count).